The molecule has 3 aliphatic rings. The summed E-state index contributed by atoms with van der Waals surface area (Å²) in [5.74, 6) is -3.94. The number of aromatic nitrogens is 4. The Balaban J connectivity index is 0.998. The van der Waals surface area contributed by atoms with Crippen LogP contribution in [0.2, 0.25) is 10.0 Å². The van der Waals surface area contributed by atoms with Gasteiger partial charge in [0, 0.05) is 24.2 Å². The second-order valence-electron chi connectivity index (χ2n) is 14.9. The number of nitrogen functional groups attached to an aromatic ring is 1. The summed E-state index contributed by atoms with van der Waals surface area (Å²) in [5, 5.41) is 37.0. The van der Waals surface area contributed by atoms with Crippen LogP contribution >= 0.6 is 46.7 Å². The van der Waals surface area contributed by atoms with Crippen LogP contribution in [0.4, 0.5) is 10.7 Å². The Hall–Kier alpha value is -6.07. The highest BCUT2D eigenvalue weighted by Gasteiger charge is 2.56. The molecule has 71 heavy (non-hydrogen) atoms. The number of fused-ring (bicyclic) bond motifs is 7. The van der Waals surface area contributed by atoms with Crippen LogP contribution in [0.15, 0.2) is 41.5 Å². The summed E-state index contributed by atoms with van der Waals surface area (Å²) in [6.07, 6.45) is -7.58. The van der Waals surface area contributed by atoms with Crippen molar-refractivity contribution in [3.63, 3.8) is 0 Å². The lowest BCUT2D eigenvalue weighted by atomic mass is 9.77. The Morgan fingerprint density at radius 2 is 1.54 bits per heavy atom. The maximum absolute atomic E-state index is 13.7. The van der Waals surface area contributed by atoms with Gasteiger partial charge < -0.3 is 79.7 Å². The summed E-state index contributed by atoms with van der Waals surface area (Å²) in [4.78, 5) is 100. The number of nitrogens with zero attached hydrogens (tertiary/aromatic N) is 3. The maximum atomic E-state index is 13.7. The third-order valence-corrected chi connectivity index (χ3v) is 15.1. The number of ether oxygens (including phenoxy) is 6. The number of aliphatic hydroxyl groups is 1. The van der Waals surface area contributed by atoms with E-state index in [0.29, 0.717) is 0 Å². The molecule has 3 aliphatic heterocycles. The zero-order chi connectivity index (χ0) is 51.7. The van der Waals surface area contributed by atoms with Crippen molar-refractivity contribution in [2.45, 2.75) is 30.1 Å². The van der Waals surface area contributed by atoms with Crippen molar-refractivity contribution in [3.05, 3.63) is 84.9 Å². The number of alkyl carbamates (subject to hydrolysis) is 1. The molecule has 30 nitrogen and oxygen atoms in total. The lowest BCUT2D eigenvalue weighted by molar-refractivity contribution is -0.0522. The van der Waals surface area contributed by atoms with Crippen molar-refractivity contribution in [1.29, 1.82) is 0 Å². The van der Waals surface area contributed by atoms with Gasteiger partial charge in [-0.2, -0.15) is 13.6 Å². The number of halogens is 2. The molecule has 35 heteroatoms. The minimum Gasteiger partial charge on any atom is -0.503 e. The number of imidazole rings is 1. The molecule has 2 unspecified atom stereocenters. The Bertz CT molecular complexity index is 3200. The van der Waals surface area contributed by atoms with Gasteiger partial charge in [0.15, 0.2) is 63.6 Å². The summed E-state index contributed by atoms with van der Waals surface area (Å²) in [5.41, 5.74) is 2.27. The van der Waals surface area contributed by atoms with Crippen molar-refractivity contribution < 1.29 is 105 Å². The Kier molecular flexibility index (Phi) is 13.6. The molecule has 2 amide bonds. The number of nitrogens with one attached hydrogen (secondary N) is 3. The normalized spacial score (nSPS) is 20.4. The highest BCUT2D eigenvalue weighted by Crippen LogP contribution is 2.67. The van der Waals surface area contributed by atoms with E-state index in [-0.39, 0.29) is 85.1 Å². The van der Waals surface area contributed by atoms with Crippen LogP contribution in [0.1, 0.15) is 43.6 Å². The number of rotatable bonds is 15. The molecule has 3 aromatic carbocycles. The highest BCUT2D eigenvalue weighted by atomic mass is 35.5. The number of carbonyl (C=O) groups is 3. The van der Waals surface area contributed by atoms with Crippen molar-refractivity contribution in [1.82, 2.24) is 30.2 Å². The van der Waals surface area contributed by atoms with Crippen molar-refractivity contribution in [2.75, 3.05) is 39.6 Å². The molecule has 2 aromatic heterocycles. The second-order valence-corrected chi connectivity index (χ2v) is 20.1. The number of esters is 1. The molecule has 0 radical (unpaired) electrons. The van der Waals surface area contributed by atoms with Crippen LogP contribution in [0.5, 0.6) is 34.5 Å². The summed E-state index contributed by atoms with van der Waals surface area (Å²) in [7, 11) is -14.9. The van der Waals surface area contributed by atoms with E-state index in [0.717, 1.165) is 10.9 Å². The topological polar surface area (TPSA) is 441 Å². The van der Waals surface area contributed by atoms with Crippen LogP contribution in [-0.4, -0.2) is 125 Å². The van der Waals surface area contributed by atoms with Gasteiger partial charge in [0.25, 0.3) is 11.5 Å². The number of aromatic hydroxyl groups is 2. The number of amides is 2. The average molecular weight is 1100 g/mol. The molecule has 0 bridgehead atoms. The van der Waals surface area contributed by atoms with Gasteiger partial charge in [0.1, 0.15) is 22.3 Å². The first-order chi connectivity index (χ1) is 33.3. The Morgan fingerprint density at radius 1 is 0.915 bits per heavy atom. The SMILES string of the molecule is COc1cc2c(c(Cl)c1O)Oc1c(cc(OC)c(O)c1Cl)C21OC(=O)c2ccc(C(=O)NCCNC(=O)O[C@@H]3[C@H](O)[C@@H](COP(=O)(O)OP(=O)(O)OP(=O)(O)O)O[C@H]3n3cnc4c(=O)[nH]c(N)nc43)cc21. The highest BCUT2D eigenvalue weighted by molar-refractivity contribution is 7.66. The predicted molar refractivity (Wildman–Crippen MR) is 234 cm³/mol. The number of hydrogen-bond acceptors (Lipinski definition) is 22. The van der Waals surface area contributed by atoms with Gasteiger partial charge in [-0.3, -0.25) is 23.7 Å². The zero-order valence-electron chi connectivity index (χ0n) is 35.6. The van der Waals surface area contributed by atoms with Gasteiger partial charge in [-0.25, -0.2) is 28.3 Å². The summed E-state index contributed by atoms with van der Waals surface area (Å²) < 4.78 is 82.2. The fraction of sp³-hybridized carbons (Fsp3) is 0.278. The smallest absolute Gasteiger partial charge is 0.490 e. The zero-order valence-corrected chi connectivity index (χ0v) is 39.8. The fourth-order valence-electron chi connectivity index (χ4n) is 7.70. The number of benzene rings is 3. The molecule has 0 saturated carbocycles. The number of H-pyrrole nitrogens is 1. The van der Waals surface area contributed by atoms with Crippen LogP contribution in [0, 0.1) is 0 Å². The first-order valence-electron chi connectivity index (χ1n) is 19.6. The third kappa shape index (κ3) is 9.59. The lowest BCUT2D eigenvalue weighted by Gasteiger charge is -2.37. The van der Waals surface area contributed by atoms with E-state index < -0.39 is 101 Å². The van der Waals surface area contributed by atoms with E-state index in [4.69, 9.17) is 67.1 Å². The molecule has 1 saturated heterocycles. The number of methoxy groups -OCH3 is 2. The van der Waals surface area contributed by atoms with Crippen LogP contribution in [0.3, 0.4) is 0 Å². The average Bonchev–Trinajstić information content (AvgIpc) is 3.94. The molecule has 6 atom stereocenters. The minimum absolute atomic E-state index is 0.0155. The molecule has 5 heterocycles. The van der Waals surface area contributed by atoms with Crippen molar-refractivity contribution in [3.8, 4) is 34.5 Å². The number of nitrogens with two attached hydrogens (primary N) is 1. The van der Waals surface area contributed by atoms with Gasteiger partial charge in [-0.15, -0.1) is 0 Å². The van der Waals surface area contributed by atoms with Crippen LogP contribution < -0.4 is 36.1 Å². The quantitative estimate of drug-likeness (QED) is 0.0406. The minimum atomic E-state index is -5.94. The number of phosphoric acid groups is 3. The summed E-state index contributed by atoms with van der Waals surface area (Å²) in [6.45, 7) is -1.88. The molecule has 8 rings (SSSR count). The van der Waals surface area contributed by atoms with Gasteiger partial charge in [-0.05, 0) is 30.3 Å². The van der Waals surface area contributed by atoms with E-state index >= 15 is 0 Å². The number of phenols is 2. The second kappa shape index (κ2) is 18.8. The number of anilines is 1. The Labute approximate surface area is 404 Å². The number of aliphatic hydroxyl groups excluding tert-OH is 1. The molecule has 5 aromatic rings. The standard InChI is InChI=1S/C36H34Cl2N7O23P3/c1-60-17-8-15-26(20(37)23(17)46)64-27-16(9-18(61-2)24(47)21(27)38)36(15)14-7-12(3-4-13(14)33(51)66-36)30(49)40-5-6-41-35(52)65-28-25(48)19(10-62-70(56,57)68-71(58,59)67-69(53,54)55)63-32(28)45-11-42-22-29(45)43-34(39)44-31(22)50/h3-4,7-9,11,19,25,28,32,46-48H,5-6,10H2,1-2H3,(H,40,49)(H,41,52)(H,56,57)(H,58,59)(H2,53,54,55)(H3,39,43,44,50)/t19-,25-,28-,32-/m1/s1. The maximum Gasteiger partial charge on any atom is 0.490 e. The van der Waals surface area contributed by atoms with E-state index in [2.05, 4.69) is 38.7 Å². The Morgan fingerprint density at radius 3 is 2.14 bits per heavy atom. The van der Waals surface area contributed by atoms with E-state index in [9.17, 15) is 58.0 Å². The fourth-order valence-corrected chi connectivity index (χ4v) is 11.2. The first kappa shape index (κ1) is 51.3. The molecule has 1 spiro atoms. The molecule has 12 N–H and O–H groups in total. The molecule has 0 aliphatic carbocycles. The van der Waals surface area contributed by atoms with Gasteiger partial charge in [0.2, 0.25) is 5.95 Å². The molecular formula is C36H34Cl2N7O23P3. The van der Waals surface area contributed by atoms with Crippen molar-refractivity contribution in [2.24, 2.45) is 0 Å². The van der Waals surface area contributed by atoms with E-state index in [1.807, 2.05) is 0 Å². The summed E-state index contributed by atoms with van der Waals surface area (Å²) in [6, 6.07) is 6.50. The van der Waals surface area contributed by atoms with Crippen molar-refractivity contribution >= 4 is 81.8 Å². The van der Waals surface area contributed by atoms with E-state index in [1.54, 1.807) is 0 Å². The van der Waals surface area contributed by atoms with Gasteiger partial charge in [0.05, 0.1) is 43.8 Å². The van der Waals surface area contributed by atoms with Crippen LogP contribution in [0.25, 0.3) is 11.2 Å². The number of phenolic OH excluding ortho intramolecular Hbond substituents is 2. The predicted octanol–water partition coefficient (Wildman–Crippen LogP) is 2.13. The number of aromatic amines is 1. The van der Waals surface area contributed by atoms with E-state index in [1.165, 1.54) is 44.6 Å². The first-order valence-corrected chi connectivity index (χ1v) is 24.9. The number of phosphoric ester groups is 1. The molecule has 380 valence electrons. The molecule has 1 fully saturated rings. The monoisotopic (exact) mass is 1100 g/mol. The van der Waals surface area contributed by atoms with Gasteiger partial charge in [-0.1, -0.05) is 23.2 Å². The summed E-state index contributed by atoms with van der Waals surface area (Å²) >= 11 is 13.1. The number of hydrogen-bond donors (Lipinski definition) is 11. The van der Waals surface area contributed by atoms with Gasteiger partial charge >= 0.3 is 35.5 Å². The van der Waals surface area contributed by atoms with Crippen LogP contribution in [-0.2, 0) is 46.7 Å². The lowest BCUT2D eigenvalue weighted by Crippen LogP contribution is -2.41. The molecular weight excluding hydrogens is 1060 g/mol. The largest absolute Gasteiger partial charge is 0.503 e. The number of carbonyl (C=O) groups excluding carboxylic acids is 3. The third-order valence-electron chi connectivity index (χ3n) is 10.6.